The third-order valence-corrected chi connectivity index (χ3v) is 3.50. The highest BCUT2D eigenvalue weighted by atomic mass is 15.3. The average molecular weight is 256 g/mol. The summed E-state index contributed by atoms with van der Waals surface area (Å²) in [5.74, 6) is 1.76. The molecular formula is C15H20N4. The minimum absolute atomic E-state index is 0.715. The molecule has 1 aliphatic rings. The highest BCUT2D eigenvalue weighted by molar-refractivity contribution is 5.43. The molecule has 0 atom stereocenters. The Morgan fingerprint density at radius 1 is 1.26 bits per heavy atom. The normalized spacial score (nSPS) is 14.9. The highest BCUT2D eigenvalue weighted by Gasteiger charge is 2.21. The Hall–Kier alpha value is -1.68. The van der Waals surface area contributed by atoms with Crippen molar-refractivity contribution in [2.45, 2.75) is 46.2 Å². The van der Waals surface area contributed by atoms with Crippen LogP contribution in [0.1, 0.15) is 35.6 Å². The van der Waals surface area contributed by atoms with Gasteiger partial charge < -0.3 is 5.32 Å². The quantitative estimate of drug-likeness (QED) is 0.913. The average Bonchev–Trinajstić information content (AvgIpc) is 3.12. The first-order valence-electron chi connectivity index (χ1n) is 6.87. The Balaban J connectivity index is 1.96. The van der Waals surface area contributed by atoms with E-state index in [1.807, 2.05) is 18.5 Å². The first-order valence-corrected chi connectivity index (χ1v) is 6.87. The van der Waals surface area contributed by atoms with E-state index in [1.54, 1.807) is 0 Å². The van der Waals surface area contributed by atoms with Gasteiger partial charge >= 0.3 is 0 Å². The monoisotopic (exact) mass is 256 g/mol. The van der Waals surface area contributed by atoms with Gasteiger partial charge in [-0.3, -0.25) is 0 Å². The fraction of sp³-hybridized carbons (Fsp3) is 0.467. The molecule has 0 bridgehead atoms. The maximum atomic E-state index is 4.49. The van der Waals surface area contributed by atoms with Gasteiger partial charge in [0.05, 0.1) is 5.69 Å². The van der Waals surface area contributed by atoms with Crippen molar-refractivity contribution < 1.29 is 0 Å². The molecule has 4 nitrogen and oxygen atoms in total. The van der Waals surface area contributed by atoms with Gasteiger partial charge in [0.25, 0.3) is 0 Å². The number of hydrogen-bond donors (Lipinski definition) is 1. The van der Waals surface area contributed by atoms with Crippen LogP contribution in [0.15, 0.2) is 18.2 Å². The number of nitrogens with zero attached hydrogens (tertiary/aromatic N) is 3. The predicted molar refractivity (Wildman–Crippen MR) is 75.4 cm³/mol. The van der Waals surface area contributed by atoms with Crippen LogP contribution in [-0.4, -0.2) is 20.8 Å². The van der Waals surface area contributed by atoms with Gasteiger partial charge in [-0.15, -0.1) is 0 Å². The number of hydrogen-bond acceptors (Lipinski definition) is 3. The molecule has 1 saturated carbocycles. The summed E-state index contributed by atoms with van der Waals surface area (Å²) in [6.45, 7) is 6.96. The zero-order valence-corrected chi connectivity index (χ0v) is 11.8. The smallest absolute Gasteiger partial charge is 0.148 e. The lowest BCUT2D eigenvalue weighted by molar-refractivity contribution is 0.679. The van der Waals surface area contributed by atoms with E-state index in [0.29, 0.717) is 6.04 Å². The van der Waals surface area contributed by atoms with E-state index < -0.39 is 0 Å². The SMILES string of the molecule is Cc1ccc(-n2nc(C)nc2C)c(CNC2CC2)c1. The van der Waals surface area contributed by atoms with Crippen molar-refractivity contribution in [1.82, 2.24) is 20.1 Å². The van der Waals surface area contributed by atoms with E-state index in [2.05, 4.69) is 40.5 Å². The second-order valence-corrected chi connectivity index (χ2v) is 5.41. The molecule has 0 radical (unpaired) electrons. The summed E-state index contributed by atoms with van der Waals surface area (Å²) in [5.41, 5.74) is 3.71. The molecule has 0 saturated heterocycles. The van der Waals surface area contributed by atoms with Crippen molar-refractivity contribution in [2.24, 2.45) is 0 Å². The zero-order chi connectivity index (χ0) is 13.4. The van der Waals surface area contributed by atoms with Gasteiger partial charge in [0.1, 0.15) is 11.6 Å². The van der Waals surface area contributed by atoms with E-state index in [-0.39, 0.29) is 0 Å². The summed E-state index contributed by atoms with van der Waals surface area (Å²) >= 11 is 0. The van der Waals surface area contributed by atoms with E-state index in [4.69, 9.17) is 0 Å². The van der Waals surface area contributed by atoms with Gasteiger partial charge in [-0.05, 0) is 45.2 Å². The highest BCUT2D eigenvalue weighted by Crippen LogP contribution is 2.22. The van der Waals surface area contributed by atoms with Gasteiger partial charge in [0.2, 0.25) is 0 Å². The summed E-state index contributed by atoms with van der Waals surface area (Å²) in [6, 6.07) is 7.22. The van der Waals surface area contributed by atoms with Crippen LogP contribution in [0.25, 0.3) is 5.69 Å². The van der Waals surface area contributed by atoms with Gasteiger partial charge in [0, 0.05) is 12.6 Å². The summed E-state index contributed by atoms with van der Waals surface area (Å²) in [4.78, 5) is 4.39. The molecule has 0 aliphatic heterocycles. The van der Waals surface area contributed by atoms with Crippen LogP contribution in [0.4, 0.5) is 0 Å². The Bertz CT molecular complexity index is 596. The first-order chi connectivity index (χ1) is 9.13. The Morgan fingerprint density at radius 3 is 2.68 bits per heavy atom. The fourth-order valence-electron chi connectivity index (χ4n) is 2.35. The maximum absolute atomic E-state index is 4.49. The molecule has 0 amide bonds. The van der Waals surface area contributed by atoms with Crippen LogP contribution >= 0.6 is 0 Å². The predicted octanol–water partition coefficient (Wildman–Crippen LogP) is 2.44. The van der Waals surface area contributed by atoms with Crippen LogP contribution in [0.5, 0.6) is 0 Å². The lowest BCUT2D eigenvalue weighted by Gasteiger charge is -2.12. The van der Waals surface area contributed by atoms with E-state index in [9.17, 15) is 0 Å². The minimum atomic E-state index is 0.715. The van der Waals surface area contributed by atoms with Crippen molar-refractivity contribution in [3.63, 3.8) is 0 Å². The molecule has 19 heavy (non-hydrogen) atoms. The molecule has 4 heteroatoms. The molecule has 1 aliphatic carbocycles. The molecule has 1 aromatic heterocycles. The van der Waals surface area contributed by atoms with E-state index in [1.165, 1.54) is 24.0 Å². The van der Waals surface area contributed by atoms with Crippen molar-refractivity contribution in [3.8, 4) is 5.69 Å². The van der Waals surface area contributed by atoms with Crippen molar-refractivity contribution >= 4 is 0 Å². The number of aryl methyl sites for hydroxylation is 3. The van der Waals surface area contributed by atoms with Crippen LogP contribution < -0.4 is 5.32 Å². The fourth-order valence-corrected chi connectivity index (χ4v) is 2.35. The second-order valence-electron chi connectivity index (χ2n) is 5.41. The molecular weight excluding hydrogens is 236 g/mol. The van der Waals surface area contributed by atoms with Gasteiger partial charge in [-0.1, -0.05) is 17.7 Å². The molecule has 1 fully saturated rings. The van der Waals surface area contributed by atoms with Crippen LogP contribution in [0, 0.1) is 20.8 Å². The Labute approximate surface area is 113 Å². The van der Waals surface area contributed by atoms with Crippen LogP contribution in [0.3, 0.4) is 0 Å². The lowest BCUT2D eigenvalue weighted by Crippen LogP contribution is -2.17. The third kappa shape index (κ3) is 2.68. The number of rotatable bonds is 4. The molecule has 100 valence electrons. The zero-order valence-electron chi connectivity index (χ0n) is 11.8. The molecule has 1 heterocycles. The molecule has 0 unspecified atom stereocenters. The van der Waals surface area contributed by atoms with Crippen molar-refractivity contribution in [2.75, 3.05) is 0 Å². The molecule has 3 rings (SSSR count). The summed E-state index contributed by atoms with van der Waals surface area (Å²) in [5, 5.41) is 8.07. The topological polar surface area (TPSA) is 42.7 Å². The van der Waals surface area contributed by atoms with E-state index in [0.717, 1.165) is 23.9 Å². The summed E-state index contributed by atoms with van der Waals surface area (Å²) in [7, 11) is 0. The molecule has 1 N–H and O–H groups in total. The van der Waals surface area contributed by atoms with Gasteiger partial charge in [0.15, 0.2) is 0 Å². The van der Waals surface area contributed by atoms with Crippen molar-refractivity contribution in [1.29, 1.82) is 0 Å². The number of aromatic nitrogens is 3. The summed E-state index contributed by atoms with van der Waals surface area (Å²) < 4.78 is 1.94. The third-order valence-electron chi connectivity index (χ3n) is 3.50. The van der Waals surface area contributed by atoms with E-state index >= 15 is 0 Å². The molecule has 2 aromatic rings. The minimum Gasteiger partial charge on any atom is -0.310 e. The van der Waals surface area contributed by atoms with Crippen LogP contribution in [0.2, 0.25) is 0 Å². The number of benzene rings is 1. The van der Waals surface area contributed by atoms with Crippen LogP contribution in [-0.2, 0) is 6.54 Å². The van der Waals surface area contributed by atoms with Crippen molar-refractivity contribution in [3.05, 3.63) is 41.0 Å². The number of nitrogens with one attached hydrogen (secondary N) is 1. The Morgan fingerprint density at radius 2 is 2.05 bits per heavy atom. The van der Waals surface area contributed by atoms with Gasteiger partial charge in [-0.25, -0.2) is 9.67 Å². The van der Waals surface area contributed by atoms with Gasteiger partial charge in [-0.2, -0.15) is 5.10 Å². The largest absolute Gasteiger partial charge is 0.310 e. The molecule has 0 spiro atoms. The standard InChI is InChI=1S/C15H20N4/c1-10-4-7-15(19-12(3)17-11(2)18-19)13(8-10)9-16-14-5-6-14/h4,7-8,14,16H,5-6,9H2,1-3H3. The summed E-state index contributed by atoms with van der Waals surface area (Å²) in [6.07, 6.45) is 2.62. The molecule has 1 aromatic carbocycles. The maximum Gasteiger partial charge on any atom is 0.148 e. The first kappa shape index (κ1) is 12.4. The Kier molecular flexibility index (Phi) is 3.11. The second kappa shape index (κ2) is 4.78. The lowest BCUT2D eigenvalue weighted by atomic mass is 10.1.